The van der Waals surface area contributed by atoms with Crippen molar-refractivity contribution in [2.24, 2.45) is 0 Å². The van der Waals surface area contributed by atoms with E-state index >= 15 is 0 Å². The Labute approximate surface area is 188 Å². The number of nitrogens with zero attached hydrogens (tertiary/aromatic N) is 2. The van der Waals surface area contributed by atoms with E-state index < -0.39 is 5.97 Å². The second-order valence-electron chi connectivity index (χ2n) is 7.37. The third kappa shape index (κ3) is 4.04. The molecule has 0 unspecified atom stereocenters. The summed E-state index contributed by atoms with van der Waals surface area (Å²) in [5.41, 5.74) is 3.37. The number of amides is 1. The number of hydrogen-bond donors (Lipinski definition) is 1. The van der Waals surface area contributed by atoms with Gasteiger partial charge in [0, 0.05) is 5.69 Å². The molecule has 2 aromatic carbocycles. The Kier molecular flexibility index (Phi) is 5.87. The van der Waals surface area contributed by atoms with Gasteiger partial charge in [0.2, 0.25) is 0 Å². The predicted molar refractivity (Wildman–Crippen MR) is 125 cm³/mol. The Hall–Kier alpha value is -3.78. The zero-order chi connectivity index (χ0) is 22.8. The van der Waals surface area contributed by atoms with Crippen molar-refractivity contribution < 1.29 is 14.3 Å². The summed E-state index contributed by atoms with van der Waals surface area (Å²) in [4.78, 5) is 43.0. The van der Waals surface area contributed by atoms with Gasteiger partial charge in [0.05, 0.1) is 35.8 Å². The SMILES string of the molecule is COC(=O)c1ccc(Cn2cnc3sc(C(=O)Nc4ccccc4C)c(C)c3c2=O)cc1. The standard InChI is InChI=1S/C24H21N3O4S/c1-14-6-4-5-7-18(14)26-21(28)20-15(2)19-22(32-20)25-13-27(23(19)29)12-16-8-10-17(11-9-16)24(30)31-3/h4-11,13H,12H2,1-3H3,(H,26,28). The highest BCUT2D eigenvalue weighted by molar-refractivity contribution is 7.20. The molecule has 2 aromatic heterocycles. The number of fused-ring (bicyclic) bond motifs is 1. The number of aryl methyl sites for hydroxylation is 2. The summed E-state index contributed by atoms with van der Waals surface area (Å²) in [6.07, 6.45) is 1.48. The third-order valence-corrected chi connectivity index (χ3v) is 6.44. The molecule has 0 bridgehead atoms. The minimum Gasteiger partial charge on any atom is -0.465 e. The van der Waals surface area contributed by atoms with Gasteiger partial charge in [-0.15, -0.1) is 11.3 Å². The fourth-order valence-corrected chi connectivity index (χ4v) is 4.48. The lowest BCUT2D eigenvalue weighted by atomic mass is 10.1. The van der Waals surface area contributed by atoms with Crippen molar-refractivity contribution in [1.29, 1.82) is 0 Å². The quantitative estimate of drug-likeness (QED) is 0.464. The van der Waals surface area contributed by atoms with E-state index in [-0.39, 0.29) is 11.5 Å². The second-order valence-corrected chi connectivity index (χ2v) is 8.37. The van der Waals surface area contributed by atoms with E-state index in [1.54, 1.807) is 31.2 Å². The number of nitrogens with one attached hydrogen (secondary N) is 1. The van der Waals surface area contributed by atoms with Gasteiger partial charge in [-0.2, -0.15) is 0 Å². The Morgan fingerprint density at radius 2 is 1.81 bits per heavy atom. The topological polar surface area (TPSA) is 90.3 Å². The summed E-state index contributed by atoms with van der Waals surface area (Å²) in [6, 6.07) is 14.4. The Morgan fingerprint density at radius 1 is 1.09 bits per heavy atom. The van der Waals surface area contributed by atoms with Gasteiger partial charge in [-0.1, -0.05) is 30.3 Å². The molecular weight excluding hydrogens is 426 g/mol. The second kappa shape index (κ2) is 8.76. The highest BCUT2D eigenvalue weighted by Crippen LogP contribution is 2.28. The fourth-order valence-electron chi connectivity index (χ4n) is 3.44. The number of methoxy groups -OCH3 is 1. The van der Waals surface area contributed by atoms with Crippen molar-refractivity contribution in [3.63, 3.8) is 0 Å². The maximum atomic E-state index is 13.1. The average Bonchev–Trinajstić information content (AvgIpc) is 3.14. The number of thiophene rings is 1. The van der Waals surface area contributed by atoms with Crippen LogP contribution in [-0.2, 0) is 11.3 Å². The van der Waals surface area contributed by atoms with Gasteiger partial charge in [0.1, 0.15) is 4.83 Å². The van der Waals surface area contributed by atoms with E-state index in [1.807, 2.05) is 31.2 Å². The molecule has 7 nitrogen and oxygen atoms in total. The third-order valence-electron chi connectivity index (χ3n) is 5.24. The smallest absolute Gasteiger partial charge is 0.337 e. The van der Waals surface area contributed by atoms with E-state index in [9.17, 15) is 14.4 Å². The van der Waals surface area contributed by atoms with Crippen LogP contribution in [0.25, 0.3) is 10.2 Å². The molecule has 4 aromatic rings. The van der Waals surface area contributed by atoms with Crippen LogP contribution in [0.2, 0.25) is 0 Å². The highest BCUT2D eigenvalue weighted by Gasteiger charge is 2.20. The molecule has 162 valence electrons. The first-order chi connectivity index (χ1) is 15.4. The number of ether oxygens (including phenoxy) is 1. The number of benzene rings is 2. The van der Waals surface area contributed by atoms with Crippen molar-refractivity contribution in [1.82, 2.24) is 9.55 Å². The number of para-hydroxylation sites is 1. The van der Waals surface area contributed by atoms with Crippen LogP contribution < -0.4 is 10.9 Å². The molecule has 0 aliphatic carbocycles. The molecule has 4 rings (SSSR count). The van der Waals surface area contributed by atoms with Gasteiger partial charge in [-0.3, -0.25) is 14.2 Å². The molecule has 8 heteroatoms. The first kappa shape index (κ1) is 21.5. The number of carbonyl (C=O) groups is 2. The summed E-state index contributed by atoms with van der Waals surface area (Å²) >= 11 is 1.21. The largest absolute Gasteiger partial charge is 0.465 e. The molecule has 0 aliphatic rings. The van der Waals surface area contributed by atoms with Crippen molar-refractivity contribution in [3.05, 3.63) is 92.3 Å². The number of hydrogen-bond acceptors (Lipinski definition) is 6. The number of carbonyl (C=O) groups excluding carboxylic acids is 2. The number of aromatic nitrogens is 2. The van der Waals surface area contributed by atoms with Gasteiger partial charge < -0.3 is 10.1 Å². The van der Waals surface area contributed by atoms with Gasteiger partial charge >= 0.3 is 5.97 Å². The van der Waals surface area contributed by atoms with Crippen LogP contribution in [0.4, 0.5) is 5.69 Å². The van der Waals surface area contributed by atoms with E-state index in [0.717, 1.165) is 16.8 Å². The molecule has 0 saturated carbocycles. The minimum absolute atomic E-state index is 0.212. The summed E-state index contributed by atoms with van der Waals surface area (Å²) in [6.45, 7) is 3.98. The molecule has 2 heterocycles. The monoisotopic (exact) mass is 447 g/mol. The van der Waals surface area contributed by atoms with Crippen LogP contribution >= 0.6 is 11.3 Å². The molecule has 0 fully saturated rings. The summed E-state index contributed by atoms with van der Waals surface area (Å²) in [5.74, 6) is -0.675. The molecule has 0 spiro atoms. The van der Waals surface area contributed by atoms with E-state index in [1.165, 1.54) is 29.3 Å². The van der Waals surface area contributed by atoms with Crippen molar-refractivity contribution in [2.75, 3.05) is 12.4 Å². The summed E-state index contributed by atoms with van der Waals surface area (Å²) < 4.78 is 6.20. The molecule has 1 amide bonds. The first-order valence-electron chi connectivity index (χ1n) is 9.92. The number of rotatable bonds is 5. The Morgan fingerprint density at radius 3 is 2.50 bits per heavy atom. The maximum Gasteiger partial charge on any atom is 0.337 e. The summed E-state index contributed by atoms with van der Waals surface area (Å²) in [5, 5.41) is 3.36. The first-order valence-corrected chi connectivity index (χ1v) is 10.7. The molecular formula is C24H21N3O4S. The van der Waals surface area contributed by atoms with Crippen LogP contribution in [-0.4, -0.2) is 28.5 Å². The predicted octanol–water partition coefficient (Wildman–Crippen LogP) is 4.16. The lowest BCUT2D eigenvalue weighted by Gasteiger charge is -2.07. The lowest BCUT2D eigenvalue weighted by molar-refractivity contribution is 0.0600. The zero-order valence-corrected chi connectivity index (χ0v) is 18.7. The van der Waals surface area contributed by atoms with Crippen molar-refractivity contribution >= 4 is 39.1 Å². The van der Waals surface area contributed by atoms with Crippen LogP contribution in [0, 0.1) is 13.8 Å². The average molecular weight is 448 g/mol. The molecule has 0 aliphatic heterocycles. The van der Waals surface area contributed by atoms with Crippen LogP contribution in [0.15, 0.2) is 59.7 Å². The minimum atomic E-state index is -0.415. The molecule has 0 saturated heterocycles. The van der Waals surface area contributed by atoms with E-state index in [4.69, 9.17) is 4.74 Å². The van der Waals surface area contributed by atoms with Crippen LogP contribution in [0.1, 0.15) is 36.7 Å². The number of anilines is 1. The van der Waals surface area contributed by atoms with Gasteiger partial charge in [-0.25, -0.2) is 9.78 Å². The summed E-state index contributed by atoms with van der Waals surface area (Å²) in [7, 11) is 1.33. The van der Waals surface area contributed by atoms with E-state index in [2.05, 4.69) is 10.3 Å². The lowest BCUT2D eigenvalue weighted by Crippen LogP contribution is -2.21. The highest BCUT2D eigenvalue weighted by atomic mass is 32.1. The molecule has 0 atom stereocenters. The molecule has 1 N–H and O–H groups in total. The van der Waals surface area contributed by atoms with Gasteiger partial charge in [0.25, 0.3) is 11.5 Å². The van der Waals surface area contributed by atoms with Crippen molar-refractivity contribution in [2.45, 2.75) is 20.4 Å². The zero-order valence-electron chi connectivity index (χ0n) is 17.8. The number of esters is 1. The van der Waals surface area contributed by atoms with Gasteiger partial charge in [-0.05, 0) is 48.7 Å². The normalized spacial score (nSPS) is 10.8. The Balaban J connectivity index is 1.64. The fraction of sp³-hybridized carbons (Fsp3) is 0.167. The van der Waals surface area contributed by atoms with Crippen molar-refractivity contribution in [3.8, 4) is 0 Å². The molecule has 32 heavy (non-hydrogen) atoms. The van der Waals surface area contributed by atoms with Gasteiger partial charge in [0.15, 0.2) is 0 Å². The maximum absolute atomic E-state index is 13.1. The Bertz CT molecular complexity index is 1390. The van der Waals surface area contributed by atoms with Crippen LogP contribution in [0.5, 0.6) is 0 Å². The molecule has 0 radical (unpaired) electrons. The van der Waals surface area contributed by atoms with Crippen LogP contribution in [0.3, 0.4) is 0 Å². The van der Waals surface area contributed by atoms with E-state index in [0.29, 0.717) is 32.8 Å².